The molecule has 0 aliphatic heterocycles. The van der Waals surface area contributed by atoms with Crippen LogP contribution >= 0.6 is 11.8 Å². The lowest BCUT2D eigenvalue weighted by Gasteiger charge is -2.14. The van der Waals surface area contributed by atoms with Crippen LogP contribution in [-0.4, -0.2) is 65.7 Å². The van der Waals surface area contributed by atoms with Gasteiger partial charge in [-0.1, -0.05) is 0 Å². The van der Waals surface area contributed by atoms with Crippen LogP contribution in [0.15, 0.2) is 17.3 Å². The van der Waals surface area contributed by atoms with Crippen LogP contribution < -0.4 is 10.6 Å². The Labute approximate surface area is 130 Å². The Bertz CT molecular complexity index is 471. The number of aliphatic imine (C=N–C) groups is 1. The van der Waals surface area contributed by atoms with Crippen molar-refractivity contribution < 1.29 is 4.79 Å². The molecular formula is C13H24N6OS. The van der Waals surface area contributed by atoms with Gasteiger partial charge in [-0.2, -0.15) is 16.9 Å². The molecule has 0 bridgehead atoms. The van der Waals surface area contributed by atoms with Crippen molar-refractivity contribution in [2.24, 2.45) is 12.0 Å². The van der Waals surface area contributed by atoms with Gasteiger partial charge in [0.25, 0.3) is 0 Å². The second kappa shape index (κ2) is 9.28. The van der Waals surface area contributed by atoms with Gasteiger partial charge in [-0.05, 0) is 12.3 Å². The molecule has 8 heteroatoms. The highest BCUT2D eigenvalue weighted by Gasteiger charge is 2.06. The van der Waals surface area contributed by atoms with Crippen molar-refractivity contribution in [1.82, 2.24) is 25.3 Å². The predicted octanol–water partition coefficient (Wildman–Crippen LogP) is -0.0935. The number of aryl methyl sites for hydroxylation is 1. The summed E-state index contributed by atoms with van der Waals surface area (Å²) in [6, 6.07) is 1.92. The minimum Gasteiger partial charge on any atom is -0.356 e. The number of hydrogen-bond donors (Lipinski definition) is 2. The van der Waals surface area contributed by atoms with Crippen LogP contribution in [0.4, 0.5) is 0 Å². The maximum Gasteiger partial charge on any atom is 0.241 e. The molecule has 0 aliphatic carbocycles. The first-order valence-electron chi connectivity index (χ1n) is 6.72. The Hall–Kier alpha value is -1.70. The van der Waals surface area contributed by atoms with E-state index in [1.807, 2.05) is 13.1 Å². The van der Waals surface area contributed by atoms with Crippen molar-refractivity contribution in [1.29, 1.82) is 0 Å². The fraction of sp³-hybridized carbons (Fsp3) is 0.615. The summed E-state index contributed by atoms with van der Waals surface area (Å²) in [5, 5.41) is 10.4. The number of nitrogens with zero attached hydrogens (tertiary/aromatic N) is 4. The maximum absolute atomic E-state index is 11.6. The van der Waals surface area contributed by atoms with E-state index in [-0.39, 0.29) is 12.5 Å². The number of hydrogen-bond acceptors (Lipinski definition) is 4. The molecule has 0 aromatic carbocycles. The average molecular weight is 312 g/mol. The minimum atomic E-state index is 0.00917. The SMILES string of the molecule is CSCCNC(=NCc1ccnn1C)NCC(=O)N(C)C. The van der Waals surface area contributed by atoms with Gasteiger partial charge in [0.2, 0.25) is 5.91 Å². The van der Waals surface area contributed by atoms with Crippen LogP contribution in [0.1, 0.15) is 5.69 Å². The number of likely N-dealkylation sites (N-methyl/N-ethyl adjacent to an activating group) is 1. The van der Waals surface area contributed by atoms with E-state index < -0.39 is 0 Å². The van der Waals surface area contributed by atoms with Gasteiger partial charge in [0.1, 0.15) is 0 Å². The summed E-state index contributed by atoms with van der Waals surface area (Å²) in [5.41, 5.74) is 1.01. The van der Waals surface area contributed by atoms with Crippen molar-refractivity contribution in [2.75, 3.05) is 39.2 Å². The molecule has 118 valence electrons. The summed E-state index contributed by atoms with van der Waals surface area (Å²) in [5.74, 6) is 1.63. The number of carbonyl (C=O) groups is 1. The normalized spacial score (nSPS) is 11.3. The number of aromatic nitrogens is 2. The van der Waals surface area contributed by atoms with Crippen molar-refractivity contribution >= 4 is 23.6 Å². The van der Waals surface area contributed by atoms with Gasteiger partial charge in [-0.25, -0.2) is 4.99 Å². The number of carbonyl (C=O) groups excluding carboxylic acids is 1. The van der Waals surface area contributed by atoms with Crippen LogP contribution in [-0.2, 0) is 18.4 Å². The van der Waals surface area contributed by atoms with E-state index in [9.17, 15) is 4.79 Å². The van der Waals surface area contributed by atoms with Gasteiger partial charge in [0.05, 0.1) is 18.8 Å². The number of thioether (sulfide) groups is 1. The lowest BCUT2D eigenvalue weighted by Crippen LogP contribution is -2.43. The van der Waals surface area contributed by atoms with Crippen molar-refractivity contribution in [3.63, 3.8) is 0 Å². The van der Waals surface area contributed by atoms with Crippen molar-refractivity contribution in [3.8, 4) is 0 Å². The second-order valence-corrected chi connectivity index (χ2v) is 5.66. The summed E-state index contributed by atoms with van der Waals surface area (Å²) in [6.07, 6.45) is 3.80. The average Bonchev–Trinajstić information content (AvgIpc) is 2.86. The molecule has 21 heavy (non-hydrogen) atoms. The standard InChI is InChI=1S/C13H24N6OS/c1-18(2)12(20)10-16-13(14-7-8-21-4)15-9-11-5-6-17-19(11)3/h5-6H,7-10H2,1-4H3,(H2,14,15,16). The molecule has 0 saturated carbocycles. The van der Waals surface area contributed by atoms with Gasteiger partial charge in [-0.15, -0.1) is 0 Å². The summed E-state index contributed by atoms with van der Waals surface area (Å²) in [7, 11) is 5.35. The first-order valence-corrected chi connectivity index (χ1v) is 8.12. The van der Waals surface area contributed by atoms with E-state index in [4.69, 9.17) is 0 Å². The van der Waals surface area contributed by atoms with E-state index in [2.05, 4.69) is 27.0 Å². The van der Waals surface area contributed by atoms with E-state index in [0.717, 1.165) is 18.0 Å². The van der Waals surface area contributed by atoms with Gasteiger partial charge >= 0.3 is 0 Å². The molecule has 1 aromatic heterocycles. The Kier molecular flexibility index (Phi) is 7.66. The lowest BCUT2D eigenvalue weighted by atomic mass is 10.4. The Balaban J connectivity index is 2.58. The zero-order chi connectivity index (χ0) is 15.7. The first-order chi connectivity index (χ1) is 10.0. The second-order valence-electron chi connectivity index (χ2n) is 4.67. The molecule has 1 amide bonds. The largest absolute Gasteiger partial charge is 0.356 e. The van der Waals surface area contributed by atoms with Crippen LogP contribution in [0, 0.1) is 0 Å². The molecule has 1 heterocycles. The highest BCUT2D eigenvalue weighted by Crippen LogP contribution is 1.98. The molecule has 0 unspecified atom stereocenters. The third-order valence-electron chi connectivity index (χ3n) is 2.83. The number of rotatable bonds is 7. The number of amides is 1. The van der Waals surface area contributed by atoms with E-state index >= 15 is 0 Å². The zero-order valence-corrected chi connectivity index (χ0v) is 13.9. The number of guanidine groups is 1. The molecule has 0 aliphatic rings. The fourth-order valence-electron chi connectivity index (χ4n) is 1.48. The molecule has 0 saturated heterocycles. The van der Waals surface area contributed by atoms with Crippen LogP contribution in [0.2, 0.25) is 0 Å². The highest BCUT2D eigenvalue weighted by molar-refractivity contribution is 7.98. The van der Waals surface area contributed by atoms with Crippen molar-refractivity contribution in [3.05, 3.63) is 18.0 Å². The monoisotopic (exact) mass is 312 g/mol. The minimum absolute atomic E-state index is 0.00917. The van der Waals surface area contributed by atoms with E-state index in [0.29, 0.717) is 12.5 Å². The topological polar surface area (TPSA) is 74.5 Å². The maximum atomic E-state index is 11.6. The van der Waals surface area contributed by atoms with E-state index in [1.165, 1.54) is 0 Å². The molecule has 0 fully saturated rings. The predicted molar refractivity (Wildman–Crippen MR) is 87.4 cm³/mol. The fourth-order valence-corrected chi connectivity index (χ4v) is 1.79. The third-order valence-corrected chi connectivity index (χ3v) is 3.44. The molecule has 0 spiro atoms. The lowest BCUT2D eigenvalue weighted by molar-refractivity contribution is -0.127. The molecule has 2 N–H and O–H groups in total. The molecule has 7 nitrogen and oxygen atoms in total. The quantitative estimate of drug-likeness (QED) is 0.418. The Morgan fingerprint density at radius 3 is 2.81 bits per heavy atom. The van der Waals surface area contributed by atoms with Crippen LogP contribution in [0.3, 0.4) is 0 Å². The zero-order valence-electron chi connectivity index (χ0n) is 13.1. The Morgan fingerprint density at radius 1 is 1.48 bits per heavy atom. The third kappa shape index (κ3) is 6.52. The van der Waals surface area contributed by atoms with Gasteiger partial charge < -0.3 is 15.5 Å². The first kappa shape index (κ1) is 17.4. The molecule has 0 atom stereocenters. The summed E-state index contributed by atoms with van der Waals surface area (Å²) < 4.78 is 1.79. The molecule has 0 radical (unpaired) electrons. The van der Waals surface area contributed by atoms with Gasteiger partial charge in [-0.3, -0.25) is 9.48 Å². The smallest absolute Gasteiger partial charge is 0.241 e. The Morgan fingerprint density at radius 2 is 2.24 bits per heavy atom. The van der Waals surface area contributed by atoms with Gasteiger partial charge in [0.15, 0.2) is 5.96 Å². The molecule has 1 rings (SSSR count). The van der Waals surface area contributed by atoms with Crippen molar-refractivity contribution in [2.45, 2.75) is 6.54 Å². The summed E-state index contributed by atoms with van der Waals surface area (Å²) >= 11 is 1.76. The van der Waals surface area contributed by atoms with Gasteiger partial charge in [0, 0.05) is 39.6 Å². The number of nitrogens with one attached hydrogen (secondary N) is 2. The van der Waals surface area contributed by atoms with E-state index in [1.54, 1.807) is 41.6 Å². The molecule has 1 aromatic rings. The molecular weight excluding hydrogens is 288 g/mol. The van der Waals surface area contributed by atoms with Crippen LogP contribution in [0.5, 0.6) is 0 Å². The highest BCUT2D eigenvalue weighted by atomic mass is 32.2. The van der Waals surface area contributed by atoms with Crippen LogP contribution in [0.25, 0.3) is 0 Å². The summed E-state index contributed by atoms with van der Waals surface area (Å²) in [6.45, 7) is 1.54. The summed E-state index contributed by atoms with van der Waals surface area (Å²) in [4.78, 5) is 17.7.